The number of ketones is 1. The molecule has 2 rings (SSSR count). The van der Waals surface area contributed by atoms with Crippen LogP contribution in [0.3, 0.4) is 0 Å². The van der Waals surface area contributed by atoms with Crippen molar-refractivity contribution in [2.24, 2.45) is 0 Å². The number of nitrogens with zero attached hydrogens (tertiary/aromatic N) is 1. The van der Waals surface area contributed by atoms with Crippen molar-refractivity contribution in [3.8, 4) is 0 Å². The molecule has 1 heterocycles. The van der Waals surface area contributed by atoms with Crippen molar-refractivity contribution in [1.82, 2.24) is 4.90 Å². The Morgan fingerprint density at radius 1 is 1.26 bits per heavy atom. The molecule has 0 saturated carbocycles. The molecule has 1 N–H and O–H groups in total. The lowest BCUT2D eigenvalue weighted by Gasteiger charge is -2.27. The third kappa shape index (κ3) is 3.32. The fraction of sp³-hybridized carbons (Fsp3) is 0.429. The predicted octanol–water partition coefficient (Wildman–Crippen LogP) is 2.06. The van der Waals surface area contributed by atoms with E-state index in [-0.39, 0.29) is 11.8 Å². The first-order valence-corrected chi connectivity index (χ1v) is 6.33. The number of aryl methyl sites for hydroxylation is 1. The maximum Gasteiger partial charge on any atom is 0.322 e. The van der Waals surface area contributed by atoms with Crippen LogP contribution in [0.5, 0.6) is 0 Å². The monoisotopic (exact) mass is 262 g/mol. The van der Waals surface area contributed by atoms with E-state index in [1.807, 2.05) is 13.0 Å². The second-order valence-electron chi connectivity index (χ2n) is 4.62. The smallest absolute Gasteiger partial charge is 0.322 e. The van der Waals surface area contributed by atoms with Crippen molar-refractivity contribution in [3.63, 3.8) is 0 Å². The summed E-state index contributed by atoms with van der Waals surface area (Å²) in [6.45, 7) is 5.74. The van der Waals surface area contributed by atoms with E-state index in [2.05, 4.69) is 5.32 Å². The van der Waals surface area contributed by atoms with Gasteiger partial charge in [-0.2, -0.15) is 0 Å². The van der Waals surface area contributed by atoms with Gasteiger partial charge in [0.05, 0.1) is 13.2 Å². The van der Waals surface area contributed by atoms with Crippen molar-refractivity contribution >= 4 is 17.5 Å². The molecule has 19 heavy (non-hydrogen) atoms. The zero-order chi connectivity index (χ0) is 13.8. The average molecular weight is 262 g/mol. The van der Waals surface area contributed by atoms with Gasteiger partial charge >= 0.3 is 6.03 Å². The summed E-state index contributed by atoms with van der Waals surface area (Å²) in [4.78, 5) is 25.1. The van der Waals surface area contributed by atoms with E-state index in [0.717, 1.165) is 5.56 Å². The number of hydrogen-bond acceptors (Lipinski definition) is 3. The fourth-order valence-electron chi connectivity index (χ4n) is 1.94. The number of nitrogens with one attached hydrogen (secondary N) is 1. The predicted molar refractivity (Wildman–Crippen MR) is 72.6 cm³/mol. The summed E-state index contributed by atoms with van der Waals surface area (Å²) in [5.41, 5.74) is 2.22. The normalized spacial score (nSPS) is 15.2. The van der Waals surface area contributed by atoms with Crippen LogP contribution in [0, 0.1) is 6.92 Å². The number of benzene rings is 1. The minimum atomic E-state index is -0.146. The van der Waals surface area contributed by atoms with Crippen LogP contribution >= 0.6 is 0 Å². The molecule has 1 aliphatic rings. The Bertz CT molecular complexity index is 493. The van der Waals surface area contributed by atoms with E-state index in [9.17, 15) is 9.59 Å². The van der Waals surface area contributed by atoms with Crippen molar-refractivity contribution in [2.75, 3.05) is 31.6 Å². The van der Waals surface area contributed by atoms with E-state index < -0.39 is 0 Å². The summed E-state index contributed by atoms with van der Waals surface area (Å²) < 4.78 is 5.21. The second kappa shape index (κ2) is 5.84. The number of carbonyl (C=O) groups is 2. The van der Waals surface area contributed by atoms with Crippen molar-refractivity contribution in [3.05, 3.63) is 29.3 Å². The summed E-state index contributed by atoms with van der Waals surface area (Å²) >= 11 is 0. The molecule has 0 unspecified atom stereocenters. The molecule has 2 amide bonds. The van der Waals surface area contributed by atoms with Gasteiger partial charge in [-0.15, -0.1) is 0 Å². The third-order valence-electron chi connectivity index (χ3n) is 3.18. The topological polar surface area (TPSA) is 58.6 Å². The van der Waals surface area contributed by atoms with Gasteiger partial charge in [-0.25, -0.2) is 4.79 Å². The summed E-state index contributed by atoms with van der Waals surface area (Å²) in [5.74, 6) is -0.0122. The molecule has 1 fully saturated rings. The van der Waals surface area contributed by atoms with Crippen LogP contribution < -0.4 is 5.32 Å². The van der Waals surface area contributed by atoms with Crippen LogP contribution in [0.15, 0.2) is 18.2 Å². The van der Waals surface area contributed by atoms with Gasteiger partial charge in [-0.3, -0.25) is 4.79 Å². The quantitative estimate of drug-likeness (QED) is 0.830. The van der Waals surface area contributed by atoms with Gasteiger partial charge in [0.15, 0.2) is 5.78 Å². The maximum absolute atomic E-state index is 12.1. The summed E-state index contributed by atoms with van der Waals surface area (Å²) in [5, 5.41) is 2.85. The molecule has 1 aromatic rings. The number of hydrogen-bond donors (Lipinski definition) is 1. The largest absolute Gasteiger partial charge is 0.378 e. The molecule has 0 spiro atoms. The lowest BCUT2D eigenvalue weighted by molar-refractivity contribution is 0.0564. The first kappa shape index (κ1) is 13.5. The Hall–Kier alpha value is -1.88. The van der Waals surface area contributed by atoms with Crippen LogP contribution in [-0.2, 0) is 4.74 Å². The molecule has 0 aliphatic carbocycles. The van der Waals surface area contributed by atoms with Crippen LogP contribution in [0.4, 0.5) is 10.5 Å². The number of Topliss-reactive ketones (excluding diaryl/α,β-unsaturated/α-hetero) is 1. The number of rotatable bonds is 2. The van der Waals surface area contributed by atoms with Gasteiger partial charge in [0.2, 0.25) is 0 Å². The van der Waals surface area contributed by atoms with E-state index in [4.69, 9.17) is 4.74 Å². The molecule has 0 atom stereocenters. The van der Waals surface area contributed by atoms with E-state index in [0.29, 0.717) is 37.6 Å². The van der Waals surface area contributed by atoms with Crippen LogP contribution in [-0.4, -0.2) is 43.0 Å². The number of urea groups is 1. The Morgan fingerprint density at radius 3 is 2.58 bits per heavy atom. The summed E-state index contributed by atoms with van der Waals surface area (Å²) in [6, 6.07) is 5.18. The fourth-order valence-corrected chi connectivity index (χ4v) is 1.94. The molecular weight excluding hydrogens is 244 g/mol. The van der Waals surface area contributed by atoms with Crippen molar-refractivity contribution < 1.29 is 14.3 Å². The zero-order valence-corrected chi connectivity index (χ0v) is 11.2. The molecule has 0 aromatic heterocycles. The van der Waals surface area contributed by atoms with E-state index >= 15 is 0 Å². The molecule has 1 saturated heterocycles. The molecule has 102 valence electrons. The average Bonchev–Trinajstić information content (AvgIpc) is 2.42. The molecular formula is C14H18N2O3. The van der Waals surface area contributed by atoms with Gasteiger partial charge in [-0.1, -0.05) is 12.1 Å². The Labute approximate surface area is 112 Å². The number of carbonyl (C=O) groups excluding carboxylic acids is 2. The number of morpholine rings is 1. The van der Waals surface area contributed by atoms with E-state index in [1.54, 1.807) is 17.0 Å². The summed E-state index contributed by atoms with van der Waals surface area (Å²) in [7, 11) is 0. The SMILES string of the molecule is CC(=O)c1ccc(C)c(NC(=O)N2CCOCC2)c1. The first-order chi connectivity index (χ1) is 9.08. The highest BCUT2D eigenvalue weighted by atomic mass is 16.5. The minimum absolute atomic E-state index is 0.0122. The molecule has 1 aliphatic heterocycles. The molecule has 5 heteroatoms. The molecule has 0 radical (unpaired) electrons. The molecule has 5 nitrogen and oxygen atoms in total. The van der Waals surface area contributed by atoms with Crippen molar-refractivity contribution in [1.29, 1.82) is 0 Å². The lowest BCUT2D eigenvalue weighted by Crippen LogP contribution is -2.43. The van der Waals surface area contributed by atoms with Gasteiger partial charge < -0.3 is 15.0 Å². The second-order valence-corrected chi connectivity index (χ2v) is 4.62. The lowest BCUT2D eigenvalue weighted by atomic mass is 10.1. The van der Waals surface area contributed by atoms with Crippen LogP contribution in [0.2, 0.25) is 0 Å². The number of anilines is 1. The molecule has 0 bridgehead atoms. The first-order valence-electron chi connectivity index (χ1n) is 6.33. The Morgan fingerprint density at radius 2 is 1.95 bits per heavy atom. The number of amides is 2. The van der Waals surface area contributed by atoms with Gasteiger partial charge in [0, 0.05) is 24.3 Å². The highest BCUT2D eigenvalue weighted by Crippen LogP contribution is 2.18. The zero-order valence-electron chi connectivity index (χ0n) is 11.2. The highest BCUT2D eigenvalue weighted by molar-refractivity contribution is 5.97. The van der Waals surface area contributed by atoms with Crippen molar-refractivity contribution in [2.45, 2.75) is 13.8 Å². The van der Waals surface area contributed by atoms with Gasteiger partial charge in [-0.05, 0) is 25.5 Å². The summed E-state index contributed by atoms with van der Waals surface area (Å²) in [6.07, 6.45) is 0. The van der Waals surface area contributed by atoms with Gasteiger partial charge in [0.1, 0.15) is 0 Å². The Balaban J connectivity index is 2.11. The van der Waals surface area contributed by atoms with Crippen LogP contribution in [0.25, 0.3) is 0 Å². The standard InChI is InChI=1S/C14H18N2O3/c1-10-3-4-12(11(2)17)9-13(10)15-14(18)16-5-7-19-8-6-16/h3-4,9H,5-8H2,1-2H3,(H,15,18). The highest BCUT2D eigenvalue weighted by Gasteiger charge is 2.17. The van der Waals surface area contributed by atoms with Crippen LogP contribution in [0.1, 0.15) is 22.8 Å². The molecule has 1 aromatic carbocycles. The van der Waals surface area contributed by atoms with Gasteiger partial charge in [0.25, 0.3) is 0 Å². The Kier molecular flexibility index (Phi) is 4.16. The third-order valence-corrected chi connectivity index (χ3v) is 3.18. The maximum atomic E-state index is 12.1. The van der Waals surface area contributed by atoms with E-state index in [1.165, 1.54) is 6.92 Å². The minimum Gasteiger partial charge on any atom is -0.378 e. The number of ether oxygens (including phenoxy) is 1.